The topological polar surface area (TPSA) is 88.5 Å². The second-order valence-electron chi connectivity index (χ2n) is 5.31. The lowest BCUT2D eigenvalue weighted by molar-refractivity contribution is -0.141. The molecule has 0 saturated heterocycles. The highest BCUT2D eigenvalue weighted by Gasteiger charge is 2.69. The number of hydrogen-bond acceptors (Lipinski definition) is 4. The molecule has 2 bridgehead atoms. The molecule has 17 heavy (non-hydrogen) atoms. The number of fused-ring (bicyclic) bond motifs is 2. The van der Waals surface area contributed by atoms with E-state index in [1.54, 1.807) is 13.8 Å². The molecule has 98 valence electrons. The van der Waals surface area contributed by atoms with Gasteiger partial charge >= 0.3 is 0 Å². The zero-order valence-electron chi connectivity index (χ0n) is 9.60. The van der Waals surface area contributed by atoms with E-state index < -0.39 is 38.3 Å². The van der Waals surface area contributed by atoms with Crippen LogP contribution in [-0.2, 0) is 19.7 Å². The molecule has 2 aliphatic rings. The number of Topliss-reactive ketones (excluding diaryl/α,β-unsaturated/α-hetero) is 2. The second-order valence-corrected chi connectivity index (χ2v) is 6.77. The van der Waals surface area contributed by atoms with Crippen LogP contribution in [0.1, 0.15) is 26.7 Å². The fourth-order valence-corrected chi connectivity index (χ4v) is 4.57. The van der Waals surface area contributed by atoms with Crippen molar-refractivity contribution in [2.75, 3.05) is 5.75 Å². The van der Waals surface area contributed by atoms with Crippen LogP contribution in [0.2, 0.25) is 0 Å². The third-order valence-electron chi connectivity index (χ3n) is 4.37. The summed E-state index contributed by atoms with van der Waals surface area (Å²) in [6.45, 7) is 3.47. The number of hydrogen-bond donors (Lipinski definition) is 1. The molecule has 0 aromatic heterocycles. The van der Waals surface area contributed by atoms with Gasteiger partial charge in [-0.2, -0.15) is 8.42 Å². The second kappa shape index (κ2) is 3.76. The largest absolute Gasteiger partial charge is 0.291 e. The molecule has 5 nitrogen and oxygen atoms in total. The summed E-state index contributed by atoms with van der Waals surface area (Å²) in [6.07, 6.45) is 0.905. The molecule has 2 rings (SSSR count). The monoisotopic (exact) mass is 282 g/mol. The average molecular weight is 283 g/mol. The van der Waals surface area contributed by atoms with E-state index in [0.717, 1.165) is 0 Å². The summed E-state index contributed by atoms with van der Waals surface area (Å²) >= 11 is 0. The Labute approximate surface area is 106 Å². The van der Waals surface area contributed by atoms with E-state index in [0.29, 0.717) is 12.8 Å². The van der Waals surface area contributed by atoms with Crippen LogP contribution in [0.5, 0.6) is 0 Å². The maximum Gasteiger partial charge on any atom is 0.265 e. The molecule has 2 fully saturated rings. The minimum Gasteiger partial charge on any atom is -0.291 e. The third-order valence-corrected chi connectivity index (χ3v) is 5.23. The zero-order valence-corrected chi connectivity index (χ0v) is 11.2. The molecule has 2 saturated carbocycles. The van der Waals surface area contributed by atoms with Crippen LogP contribution in [0.3, 0.4) is 0 Å². The highest BCUT2D eigenvalue weighted by molar-refractivity contribution is 7.85. The van der Waals surface area contributed by atoms with Crippen molar-refractivity contribution in [1.82, 2.24) is 0 Å². The van der Waals surface area contributed by atoms with Crippen molar-refractivity contribution in [2.45, 2.75) is 26.7 Å². The molecule has 7 heteroatoms. The van der Waals surface area contributed by atoms with Crippen LogP contribution >= 0.6 is 12.4 Å². The predicted molar refractivity (Wildman–Crippen MR) is 62.6 cm³/mol. The third kappa shape index (κ3) is 1.73. The normalized spacial score (nSPS) is 34.9. The fourth-order valence-electron chi connectivity index (χ4n) is 3.30. The Morgan fingerprint density at radius 2 is 1.88 bits per heavy atom. The van der Waals surface area contributed by atoms with Crippen LogP contribution in [0.25, 0.3) is 0 Å². The molecular weight excluding hydrogens is 268 g/mol. The Morgan fingerprint density at radius 1 is 1.35 bits per heavy atom. The van der Waals surface area contributed by atoms with Crippen molar-refractivity contribution in [3.63, 3.8) is 0 Å². The van der Waals surface area contributed by atoms with Gasteiger partial charge in [0.25, 0.3) is 10.1 Å². The van der Waals surface area contributed by atoms with E-state index in [4.69, 9.17) is 4.55 Å². The van der Waals surface area contributed by atoms with Crippen LogP contribution in [0.15, 0.2) is 0 Å². The Bertz CT molecular complexity index is 481. The minimum absolute atomic E-state index is 0. The predicted octanol–water partition coefficient (Wildman–Crippen LogP) is 0.870. The van der Waals surface area contributed by atoms with Crippen LogP contribution in [0.4, 0.5) is 0 Å². The maximum absolute atomic E-state index is 11.9. The number of carbonyl (C=O) groups is 2. The highest BCUT2D eigenvalue weighted by Crippen LogP contribution is 2.62. The van der Waals surface area contributed by atoms with Gasteiger partial charge in [-0.3, -0.25) is 14.1 Å². The Kier molecular flexibility index (Phi) is 3.23. The van der Waals surface area contributed by atoms with Crippen LogP contribution < -0.4 is 0 Å². The van der Waals surface area contributed by atoms with Crippen LogP contribution in [-0.4, -0.2) is 30.3 Å². The molecule has 2 atom stereocenters. The molecule has 2 aliphatic carbocycles. The molecular formula is C10H15ClO5S. The summed E-state index contributed by atoms with van der Waals surface area (Å²) in [6, 6.07) is 0. The molecule has 0 spiro atoms. The van der Waals surface area contributed by atoms with Gasteiger partial charge in [0, 0.05) is 5.92 Å². The van der Waals surface area contributed by atoms with Gasteiger partial charge in [-0.05, 0) is 18.3 Å². The van der Waals surface area contributed by atoms with Crippen molar-refractivity contribution >= 4 is 34.1 Å². The van der Waals surface area contributed by atoms with Crippen molar-refractivity contribution in [1.29, 1.82) is 0 Å². The van der Waals surface area contributed by atoms with E-state index >= 15 is 0 Å². The summed E-state index contributed by atoms with van der Waals surface area (Å²) in [7, 11) is -4.25. The van der Waals surface area contributed by atoms with Gasteiger partial charge in [0.1, 0.15) is 0 Å². The smallest absolute Gasteiger partial charge is 0.265 e. The van der Waals surface area contributed by atoms with E-state index in [1.165, 1.54) is 0 Å². The summed E-state index contributed by atoms with van der Waals surface area (Å²) in [5.74, 6) is -2.11. The molecule has 0 heterocycles. The fraction of sp³-hybridized carbons (Fsp3) is 0.800. The quantitative estimate of drug-likeness (QED) is 0.600. The standard InChI is InChI=1S/C10H14O5S.ClH/c1-9(2)6-3-4-10(9,5-16(13,14)15)8(12)7(6)11;/h6H,3-5H2,1-2H3,(H,13,14,15);1H. The Morgan fingerprint density at radius 3 is 2.24 bits per heavy atom. The van der Waals surface area contributed by atoms with Crippen molar-refractivity contribution in [2.24, 2.45) is 16.7 Å². The molecule has 0 amide bonds. The molecule has 0 aromatic carbocycles. The van der Waals surface area contributed by atoms with Crippen molar-refractivity contribution in [3.8, 4) is 0 Å². The van der Waals surface area contributed by atoms with Gasteiger partial charge in [0.15, 0.2) is 0 Å². The minimum atomic E-state index is -4.25. The summed E-state index contributed by atoms with van der Waals surface area (Å²) in [5, 5.41) is 0. The Hall–Kier alpha value is -0.460. The van der Waals surface area contributed by atoms with Crippen molar-refractivity contribution in [3.05, 3.63) is 0 Å². The number of rotatable bonds is 2. The molecule has 0 radical (unpaired) electrons. The summed E-state index contributed by atoms with van der Waals surface area (Å²) in [5.41, 5.74) is -1.88. The first-order valence-electron chi connectivity index (χ1n) is 5.16. The lowest BCUT2D eigenvalue weighted by Gasteiger charge is -2.34. The van der Waals surface area contributed by atoms with Gasteiger partial charge in [-0.1, -0.05) is 13.8 Å². The van der Waals surface area contributed by atoms with Crippen molar-refractivity contribution < 1.29 is 22.6 Å². The SMILES string of the molecule is CC1(C)C2CCC1(CS(=O)(=O)O)C(=O)C2=O.Cl. The van der Waals surface area contributed by atoms with E-state index in [2.05, 4.69) is 0 Å². The summed E-state index contributed by atoms with van der Waals surface area (Å²) < 4.78 is 30.9. The average Bonchev–Trinajstić information content (AvgIpc) is 2.39. The zero-order chi connectivity index (χ0) is 12.4. The number of carbonyl (C=O) groups excluding carboxylic acids is 2. The van der Waals surface area contributed by atoms with E-state index in [1.807, 2.05) is 0 Å². The van der Waals surface area contributed by atoms with Gasteiger partial charge in [-0.15, -0.1) is 12.4 Å². The number of ketones is 2. The lowest BCUT2D eigenvalue weighted by atomic mass is 9.70. The van der Waals surface area contributed by atoms with E-state index in [9.17, 15) is 18.0 Å². The summed E-state index contributed by atoms with van der Waals surface area (Å²) in [4.78, 5) is 23.5. The lowest BCUT2D eigenvalue weighted by Crippen LogP contribution is -2.43. The van der Waals surface area contributed by atoms with Gasteiger partial charge in [0.2, 0.25) is 11.6 Å². The first-order valence-corrected chi connectivity index (χ1v) is 6.76. The highest BCUT2D eigenvalue weighted by atomic mass is 35.5. The molecule has 1 N–H and O–H groups in total. The van der Waals surface area contributed by atoms with Gasteiger partial charge in [-0.25, -0.2) is 0 Å². The molecule has 0 aromatic rings. The van der Waals surface area contributed by atoms with Crippen LogP contribution in [0, 0.1) is 16.7 Å². The first kappa shape index (κ1) is 14.6. The number of halogens is 1. The first-order chi connectivity index (χ1) is 7.12. The maximum atomic E-state index is 11.9. The van der Waals surface area contributed by atoms with Gasteiger partial charge in [0.05, 0.1) is 11.2 Å². The van der Waals surface area contributed by atoms with Gasteiger partial charge < -0.3 is 0 Å². The van der Waals surface area contributed by atoms with E-state index in [-0.39, 0.29) is 18.3 Å². The molecule has 2 unspecified atom stereocenters. The molecule has 0 aliphatic heterocycles. The Balaban J connectivity index is 0.00000144.